The first-order chi connectivity index (χ1) is 12.0. The molecular weight excluding hydrogens is 386 g/mol. The third-order valence-electron chi connectivity index (χ3n) is 4.60. The van der Waals surface area contributed by atoms with Crippen molar-refractivity contribution in [3.8, 4) is 0 Å². The first-order valence-electron chi connectivity index (χ1n) is 8.92. The summed E-state index contributed by atoms with van der Waals surface area (Å²) in [5.41, 5.74) is -1.10. The average Bonchev–Trinajstić information content (AvgIpc) is 2.59. The van der Waals surface area contributed by atoms with Gasteiger partial charge < -0.3 is 15.2 Å². The highest BCUT2D eigenvalue weighted by atomic mass is 79.9. The van der Waals surface area contributed by atoms with E-state index in [0.717, 1.165) is 36.6 Å². The number of amides is 2. The zero-order chi connectivity index (χ0) is 18.3. The Morgan fingerprint density at radius 1 is 1.24 bits per heavy atom. The summed E-state index contributed by atoms with van der Waals surface area (Å²) >= 11 is 3.30. The number of hydrogen-bond acceptors (Lipinski definition) is 3. The second-order valence-electron chi connectivity index (χ2n) is 6.61. The highest BCUT2D eigenvalue weighted by molar-refractivity contribution is 9.10. The van der Waals surface area contributed by atoms with Crippen molar-refractivity contribution in [3.63, 3.8) is 0 Å². The first-order valence-corrected chi connectivity index (χ1v) is 9.71. The van der Waals surface area contributed by atoms with E-state index >= 15 is 0 Å². The number of hydrogen-bond donors (Lipinski definition) is 2. The second kappa shape index (κ2) is 9.17. The SMILES string of the molecule is CCCCNC(=O)C1(NC(=O)Cn2cc(Br)ccc2=O)CCCCC1. The molecule has 2 N–H and O–H groups in total. The quantitative estimate of drug-likeness (QED) is 0.675. The van der Waals surface area contributed by atoms with E-state index in [1.165, 1.54) is 10.6 Å². The van der Waals surface area contributed by atoms with Crippen molar-refractivity contribution in [2.75, 3.05) is 6.54 Å². The van der Waals surface area contributed by atoms with Crippen molar-refractivity contribution >= 4 is 27.7 Å². The van der Waals surface area contributed by atoms with Crippen LogP contribution in [0.3, 0.4) is 0 Å². The van der Waals surface area contributed by atoms with Crippen LogP contribution in [0.5, 0.6) is 0 Å². The molecule has 1 aliphatic carbocycles. The molecule has 0 bridgehead atoms. The second-order valence-corrected chi connectivity index (χ2v) is 7.53. The molecule has 1 heterocycles. The molecule has 0 unspecified atom stereocenters. The molecule has 0 saturated heterocycles. The Balaban J connectivity index is 2.08. The van der Waals surface area contributed by atoms with Gasteiger partial charge in [0.15, 0.2) is 0 Å². The van der Waals surface area contributed by atoms with E-state index in [1.54, 1.807) is 12.3 Å². The highest BCUT2D eigenvalue weighted by Crippen LogP contribution is 2.28. The number of carbonyl (C=O) groups excluding carboxylic acids is 2. The van der Waals surface area contributed by atoms with Crippen molar-refractivity contribution in [2.45, 2.75) is 64.0 Å². The molecule has 2 amide bonds. The van der Waals surface area contributed by atoms with Crippen molar-refractivity contribution in [2.24, 2.45) is 0 Å². The van der Waals surface area contributed by atoms with Crippen LogP contribution in [-0.2, 0) is 16.1 Å². The van der Waals surface area contributed by atoms with Crippen LogP contribution in [0, 0.1) is 0 Å². The topological polar surface area (TPSA) is 80.2 Å². The van der Waals surface area contributed by atoms with E-state index in [4.69, 9.17) is 0 Å². The Labute approximate surface area is 156 Å². The van der Waals surface area contributed by atoms with Crippen LogP contribution in [0.2, 0.25) is 0 Å². The lowest BCUT2D eigenvalue weighted by Crippen LogP contribution is -2.60. The van der Waals surface area contributed by atoms with Gasteiger partial charge in [0.25, 0.3) is 5.56 Å². The summed E-state index contributed by atoms with van der Waals surface area (Å²) in [5.74, 6) is -0.414. The predicted molar refractivity (Wildman–Crippen MR) is 100 cm³/mol. The van der Waals surface area contributed by atoms with Crippen molar-refractivity contribution in [1.29, 1.82) is 0 Å². The fourth-order valence-corrected chi connectivity index (χ4v) is 3.58. The van der Waals surface area contributed by atoms with Gasteiger partial charge in [-0.1, -0.05) is 32.6 Å². The van der Waals surface area contributed by atoms with Crippen LogP contribution in [0.25, 0.3) is 0 Å². The van der Waals surface area contributed by atoms with Gasteiger partial charge in [-0.05, 0) is 41.3 Å². The van der Waals surface area contributed by atoms with Gasteiger partial charge in [-0.2, -0.15) is 0 Å². The normalized spacial score (nSPS) is 16.2. The molecule has 2 rings (SSSR count). The van der Waals surface area contributed by atoms with Gasteiger partial charge in [0, 0.05) is 23.3 Å². The van der Waals surface area contributed by atoms with Gasteiger partial charge in [-0.15, -0.1) is 0 Å². The molecule has 138 valence electrons. The maximum absolute atomic E-state index is 12.7. The highest BCUT2D eigenvalue weighted by Gasteiger charge is 2.40. The van der Waals surface area contributed by atoms with E-state index in [9.17, 15) is 14.4 Å². The molecule has 1 saturated carbocycles. The van der Waals surface area contributed by atoms with Crippen molar-refractivity contribution in [1.82, 2.24) is 15.2 Å². The molecular formula is C18H26BrN3O3. The lowest BCUT2D eigenvalue weighted by Gasteiger charge is -2.36. The first kappa shape index (κ1) is 19.7. The number of carbonyl (C=O) groups is 2. The zero-order valence-corrected chi connectivity index (χ0v) is 16.2. The molecule has 0 radical (unpaired) electrons. The molecule has 25 heavy (non-hydrogen) atoms. The molecule has 0 spiro atoms. The van der Waals surface area contributed by atoms with Gasteiger partial charge in [-0.3, -0.25) is 14.4 Å². The van der Waals surface area contributed by atoms with Crippen LogP contribution >= 0.6 is 15.9 Å². The predicted octanol–water partition coefficient (Wildman–Crippen LogP) is 2.35. The minimum atomic E-state index is -0.849. The molecule has 0 aliphatic heterocycles. The Kier molecular flexibility index (Phi) is 7.23. The monoisotopic (exact) mass is 411 g/mol. The summed E-state index contributed by atoms with van der Waals surface area (Å²) < 4.78 is 2.06. The van der Waals surface area contributed by atoms with Crippen molar-refractivity contribution < 1.29 is 9.59 Å². The largest absolute Gasteiger partial charge is 0.354 e. The summed E-state index contributed by atoms with van der Waals surface area (Å²) in [6.45, 7) is 2.60. The Hall–Kier alpha value is -1.63. The van der Waals surface area contributed by atoms with E-state index in [1.807, 2.05) is 0 Å². The van der Waals surface area contributed by atoms with Crippen LogP contribution in [0.15, 0.2) is 27.6 Å². The number of unbranched alkanes of at least 4 members (excludes halogenated alkanes) is 1. The van der Waals surface area contributed by atoms with Crippen LogP contribution < -0.4 is 16.2 Å². The Morgan fingerprint density at radius 2 is 1.96 bits per heavy atom. The summed E-state index contributed by atoms with van der Waals surface area (Å²) in [4.78, 5) is 37.1. The fourth-order valence-electron chi connectivity index (χ4n) is 3.20. The van der Waals surface area contributed by atoms with Gasteiger partial charge >= 0.3 is 0 Å². The third kappa shape index (κ3) is 5.42. The summed E-state index contributed by atoms with van der Waals surface area (Å²) in [7, 11) is 0. The van der Waals surface area contributed by atoms with Crippen LogP contribution in [0.4, 0.5) is 0 Å². The number of pyridine rings is 1. The minimum Gasteiger partial charge on any atom is -0.354 e. The molecule has 1 aliphatic rings. The average molecular weight is 412 g/mol. The van der Waals surface area contributed by atoms with Gasteiger partial charge in [0.1, 0.15) is 12.1 Å². The minimum absolute atomic E-state index is 0.0950. The third-order valence-corrected chi connectivity index (χ3v) is 5.07. The number of nitrogens with one attached hydrogen (secondary N) is 2. The zero-order valence-electron chi connectivity index (χ0n) is 14.6. The number of rotatable bonds is 7. The van der Waals surface area contributed by atoms with E-state index in [2.05, 4.69) is 33.5 Å². The van der Waals surface area contributed by atoms with Gasteiger partial charge in [0.05, 0.1) is 0 Å². The molecule has 1 aromatic heterocycles. The maximum Gasteiger partial charge on any atom is 0.251 e. The van der Waals surface area contributed by atoms with Crippen LogP contribution in [0.1, 0.15) is 51.9 Å². The Bertz CT molecular complexity index is 666. The lowest BCUT2D eigenvalue weighted by molar-refractivity contribution is -0.135. The maximum atomic E-state index is 12.7. The fraction of sp³-hybridized carbons (Fsp3) is 0.611. The molecule has 0 aromatic carbocycles. The summed E-state index contributed by atoms with van der Waals surface area (Å²) in [6.07, 6.45) is 7.70. The van der Waals surface area contributed by atoms with E-state index in [0.29, 0.717) is 19.4 Å². The number of nitrogens with zero attached hydrogens (tertiary/aromatic N) is 1. The van der Waals surface area contributed by atoms with Crippen molar-refractivity contribution in [3.05, 3.63) is 33.2 Å². The standard InChI is InChI=1S/C18H26BrN3O3/c1-2-3-11-20-17(25)18(9-5-4-6-10-18)21-15(23)13-22-12-14(19)7-8-16(22)24/h7-8,12H,2-6,9-11,13H2,1H3,(H,20,25)(H,21,23). The molecule has 7 heteroatoms. The molecule has 1 fully saturated rings. The molecule has 1 aromatic rings. The summed E-state index contributed by atoms with van der Waals surface area (Å²) in [5, 5.41) is 5.88. The number of aromatic nitrogens is 1. The summed E-state index contributed by atoms with van der Waals surface area (Å²) in [6, 6.07) is 3.05. The smallest absolute Gasteiger partial charge is 0.251 e. The molecule has 0 atom stereocenters. The number of halogens is 1. The van der Waals surface area contributed by atoms with E-state index < -0.39 is 5.54 Å². The van der Waals surface area contributed by atoms with Gasteiger partial charge in [-0.25, -0.2) is 0 Å². The van der Waals surface area contributed by atoms with Crippen LogP contribution in [-0.4, -0.2) is 28.5 Å². The van der Waals surface area contributed by atoms with E-state index in [-0.39, 0.29) is 23.9 Å². The van der Waals surface area contributed by atoms with Gasteiger partial charge in [0.2, 0.25) is 11.8 Å². The lowest BCUT2D eigenvalue weighted by atomic mass is 9.80. The Morgan fingerprint density at radius 3 is 2.64 bits per heavy atom. The molecule has 6 nitrogen and oxygen atoms in total.